The van der Waals surface area contributed by atoms with Gasteiger partial charge in [0.2, 0.25) is 5.13 Å². The maximum Gasteiger partial charge on any atom is 0.301 e. The number of carbonyl (C=O) groups is 2. The van der Waals surface area contributed by atoms with Gasteiger partial charge in [-0.3, -0.25) is 14.5 Å². The third-order valence-corrected chi connectivity index (χ3v) is 9.37. The number of thioether (sulfide) groups is 1. The van der Waals surface area contributed by atoms with Crippen molar-refractivity contribution in [3.8, 4) is 11.5 Å². The minimum absolute atomic E-state index is 0.0928. The molecule has 1 aromatic heterocycles. The molecule has 0 radical (unpaired) electrons. The van der Waals surface area contributed by atoms with E-state index in [2.05, 4.69) is 33.1 Å². The summed E-state index contributed by atoms with van der Waals surface area (Å²) in [4.78, 5) is 28.3. The maximum absolute atomic E-state index is 14.1. The number of aliphatic hydroxyl groups is 1. The topological polar surface area (TPSA) is 102 Å². The van der Waals surface area contributed by atoms with E-state index in [-0.39, 0.29) is 22.3 Å². The summed E-state index contributed by atoms with van der Waals surface area (Å²) in [6, 6.07) is 17.3. The average Bonchev–Trinajstić information content (AvgIpc) is 3.58. The molecule has 0 aliphatic carbocycles. The number of anilines is 1. The molecule has 1 atom stereocenters. The first-order chi connectivity index (χ1) is 20.8. The number of carbonyl (C=O) groups excluding carboxylic acids is 2. The molecule has 43 heavy (non-hydrogen) atoms. The van der Waals surface area contributed by atoms with Crippen LogP contribution in [0.1, 0.15) is 42.5 Å². The van der Waals surface area contributed by atoms with Gasteiger partial charge in [0, 0.05) is 15.8 Å². The number of halogens is 2. The molecule has 222 valence electrons. The predicted octanol–water partition coefficient (Wildman–Crippen LogP) is 7.55. The van der Waals surface area contributed by atoms with Crippen LogP contribution in [-0.2, 0) is 15.3 Å². The van der Waals surface area contributed by atoms with E-state index in [1.807, 2.05) is 0 Å². The molecular formula is C31H27BrFN3O5S2. The van der Waals surface area contributed by atoms with Gasteiger partial charge in [0.15, 0.2) is 15.8 Å². The Bertz CT molecular complexity index is 1680. The molecule has 1 aliphatic heterocycles. The molecule has 0 saturated carbocycles. The molecule has 1 fully saturated rings. The molecule has 2 heterocycles. The molecule has 4 aromatic rings. The minimum Gasteiger partial charge on any atom is -0.507 e. The largest absolute Gasteiger partial charge is 0.507 e. The highest BCUT2D eigenvalue weighted by atomic mass is 79.9. The number of unbranched alkanes of at least 4 members (excludes halogenated alkanes) is 1. The molecule has 5 rings (SSSR count). The minimum atomic E-state index is -1.03. The van der Waals surface area contributed by atoms with Crippen LogP contribution in [0.4, 0.5) is 9.52 Å². The number of ether oxygens (including phenoxy) is 2. The molecule has 1 saturated heterocycles. The molecule has 1 unspecified atom stereocenters. The van der Waals surface area contributed by atoms with Gasteiger partial charge in [0.1, 0.15) is 11.6 Å². The van der Waals surface area contributed by atoms with Gasteiger partial charge in [-0.05, 0) is 47.9 Å². The molecule has 12 heteroatoms. The molecule has 1 N–H and O–H groups in total. The Hall–Kier alpha value is -3.74. The monoisotopic (exact) mass is 683 g/mol. The summed E-state index contributed by atoms with van der Waals surface area (Å²) in [5.74, 6) is -1.11. The first kappa shape index (κ1) is 30.7. The third-order valence-electron chi connectivity index (χ3n) is 6.73. The summed E-state index contributed by atoms with van der Waals surface area (Å²) < 4.78 is 26.9. The Labute approximate surface area is 264 Å². The molecule has 3 aromatic carbocycles. The summed E-state index contributed by atoms with van der Waals surface area (Å²) in [5, 5.41) is 20.0. The second-order valence-electron chi connectivity index (χ2n) is 9.52. The zero-order valence-electron chi connectivity index (χ0n) is 23.3. The second-order valence-corrected chi connectivity index (χ2v) is 12.6. The quantitative estimate of drug-likeness (QED) is 0.0432. The van der Waals surface area contributed by atoms with Crippen LogP contribution in [0.3, 0.4) is 0 Å². The van der Waals surface area contributed by atoms with Crippen molar-refractivity contribution in [3.05, 3.63) is 99.3 Å². The highest BCUT2D eigenvalue weighted by Gasteiger charge is 2.48. The number of Topliss-reactive ketones (excluding diaryl/α,β-unsaturated/α-hetero) is 1. The molecule has 1 aliphatic rings. The van der Waals surface area contributed by atoms with Crippen LogP contribution < -0.4 is 14.4 Å². The van der Waals surface area contributed by atoms with E-state index >= 15 is 0 Å². The number of amides is 1. The van der Waals surface area contributed by atoms with Gasteiger partial charge in [-0.25, -0.2) is 4.39 Å². The van der Waals surface area contributed by atoms with Gasteiger partial charge in [-0.1, -0.05) is 88.8 Å². The lowest BCUT2D eigenvalue weighted by Crippen LogP contribution is -2.29. The number of nitrogens with zero attached hydrogens (tertiary/aromatic N) is 3. The summed E-state index contributed by atoms with van der Waals surface area (Å²) in [6.45, 7) is 2.57. The van der Waals surface area contributed by atoms with Crippen LogP contribution in [0, 0.1) is 5.82 Å². The number of ketones is 1. The Morgan fingerprint density at radius 3 is 2.58 bits per heavy atom. The first-order valence-corrected chi connectivity index (χ1v) is 16.0. The fraction of sp³-hybridized carbons (Fsp3) is 0.226. The van der Waals surface area contributed by atoms with Crippen molar-refractivity contribution >= 4 is 61.6 Å². The number of aliphatic hydroxyl groups excluding tert-OH is 1. The summed E-state index contributed by atoms with van der Waals surface area (Å²) in [5.41, 5.74) is 1.29. The van der Waals surface area contributed by atoms with Crippen LogP contribution in [-0.4, -0.2) is 40.7 Å². The molecular weight excluding hydrogens is 657 g/mol. The number of methoxy groups -OCH3 is 1. The van der Waals surface area contributed by atoms with Crippen LogP contribution in [0.2, 0.25) is 0 Å². The van der Waals surface area contributed by atoms with Crippen molar-refractivity contribution in [3.63, 3.8) is 0 Å². The van der Waals surface area contributed by atoms with Gasteiger partial charge < -0.3 is 14.6 Å². The van der Waals surface area contributed by atoms with Crippen LogP contribution >= 0.6 is 39.0 Å². The van der Waals surface area contributed by atoms with E-state index in [0.29, 0.717) is 44.9 Å². The van der Waals surface area contributed by atoms with Gasteiger partial charge in [0.25, 0.3) is 5.78 Å². The Morgan fingerprint density at radius 2 is 1.86 bits per heavy atom. The van der Waals surface area contributed by atoms with Gasteiger partial charge in [-0.15, -0.1) is 10.2 Å². The fourth-order valence-electron chi connectivity index (χ4n) is 4.52. The van der Waals surface area contributed by atoms with E-state index in [9.17, 15) is 19.1 Å². The van der Waals surface area contributed by atoms with E-state index in [4.69, 9.17) is 9.47 Å². The number of hydrogen-bond donors (Lipinski definition) is 1. The van der Waals surface area contributed by atoms with Crippen molar-refractivity contribution in [1.82, 2.24) is 10.2 Å². The molecule has 0 spiro atoms. The number of rotatable bonds is 11. The van der Waals surface area contributed by atoms with Crippen LogP contribution in [0.15, 0.2) is 81.1 Å². The Morgan fingerprint density at radius 1 is 1.09 bits per heavy atom. The lowest BCUT2D eigenvalue weighted by molar-refractivity contribution is -0.132. The summed E-state index contributed by atoms with van der Waals surface area (Å²) in [6.07, 6.45) is 1.83. The highest BCUT2D eigenvalue weighted by molar-refractivity contribution is 9.10. The normalized spacial score (nSPS) is 16.1. The number of hydrogen-bond acceptors (Lipinski definition) is 9. The number of aromatic nitrogens is 2. The van der Waals surface area contributed by atoms with E-state index < -0.39 is 17.7 Å². The van der Waals surface area contributed by atoms with E-state index in [1.54, 1.807) is 60.7 Å². The average molecular weight is 685 g/mol. The van der Waals surface area contributed by atoms with E-state index in [0.717, 1.165) is 28.7 Å². The molecule has 1 amide bonds. The van der Waals surface area contributed by atoms with Crippen LogP contribution in [0.5, 0.6) is 11.5 Å². The smallest absolute Gasteiger partial charge is 0.301 e. The predicted molar refractivity (Wildman–Crippen MR) is 168 cm³/mol. The van der Waals surface area contributed by atoms with Crippen molar-refractivity contribution in [2.45, 2.75) is 35.9 Å². The Kier molecular flexibility index (Phi) is 9.79. The fourth-order valence-corrected chi connectivity index (χ4v) is 6.64. The van der Waals surface area contributed by atoms with Crippen molar-refractivity contribution in [2.24, 2.45) is 0 Å². The van der Waals surface area contributed by atoms with Crippen molar-refractivity contribution < 1.29 is 28.6 Å². The van der Waals surface area contributed by atoms with Crippen molar-refractivity contribution in [1.29, 1.82) is 0 Å². The standard InChI is InChI=1S/C31H27BrFN3O5S2/c1-3-4-15-41-23-14-11-19(16-24(23)40-2)26-25(27(37)18-9-12-21(32)13-10-18)28(38)29(39)36(26)30-34-35-31(43-30)42-17-20-7-5-6-8-22(20)33/h5-14,16,26,37H,3-4,15,17H2,1-2H3/b27-25-. The summed E-state index contributed by atoms with van der Waals surface area (Å²) in [7, 11) is 1.51. The molecule has 8 nitrogen and oxygen atoms in total. The summed E-state index contributed by atoms with van der Waals surface area (Å²) >= 11 is 5.75. The zero-order valence-corrected chi connectivity index (χ0v) is 26.5. The van der Waals surface area contributed by atoms with Crippen molar-refractivity contribution in [2.75, 3.05) is 18.6 Å². The molecule has 0 bridgehead atoms. The maximum atomic E-state index is 14.1. The third kappa shape index (κ3) is 6.61. The second kappa shape index (κ2) is 13.7. The first-order valence-electron chi connectivity index (χ1n) is 13.4. The highest BCUT2D eigenvalue weighted by Crippen LogP contribution is 2.45. The Balaban J connectivity index is 1.56. The number of benzene rings is 3. The lowest BCUT2D eigenvalue weighted by atomic mass is 9.95. The van der Waals surface area contributed by atoms with Crippen LogP contribution in [0.25, 0.3) is 5.76 Å². The lowest BCUT2D eigenvalue weighted by Gasteiger charge is -2.23. The van der Waals surface area contributed by atoms with Gasteiger partial charge in [0.05, 0.1) is 25.3 Å². The van der Waals surface area contributed by atoms with Gasteiger partial charge in [-0.2, -0.15) is 0 Å². The van der Waals surface area contributed by atoms with Gasteiger partial charge >= 0.3 is 5.91 Å². The van der Waals surface area contributed by atoms with E-state index in [1.165, 1.54) is 29.8 Å². The SMILES string of the molecule is CCCCOc1ccc(C2/C(=C(/O)c3ccc(Br)cc3)C(=O)C(=O)N2c2nnc(SCc3ccccc3F)s2)cc1OC. The zero-order chi connectivity index (χ0) is 30.5.